The summed E-state index contributed by atoms with van der Waals surface area (Å²) >= 11 is 0. The summed E-state index contributed by atoms with van der Waals surface area (Å²) in [5.41, 5.74) is 0. The first kappa shape index (κ1) is 15.3. The molecule has 0 unspecified atom stereocenters. The van der Waals surface area contributed by atoms with E-state index in [1.807, 2.05) is 6.92 Å². The van der Waals surface area contributed by atoms with Gasteiger partial charge in [-0.1, -0.05) is 0 Å². The van der Waals surface area contributed by atoms with Crippen LogP contribution in [0.4, 0.5) is 17.8 Å². The quantitative estimate of drug-likeness (QED) is 0.369. The summed E-state index contributed by atoms with van der Waals surface area (Å²) in [5.74, 6) is -0.187. The van der Waals surface area contributed by atoms with Gasteiger partial charge in [-0.25, -0.2) is 0 Å². The molecule has 19 heavy (non-hydrogen) atoms. The number of hydrogen-bond donors (Lipinski definition) is 4. The Morgan fingerprint density at radius 1 is 1.11 bits per heavy atom. The number of ether oxygens (including phenoxy) is 1. The van der Waals surface area contributed by atoms with Crippen LogP contribution in [-0.2, 0) is 14.9 Å². The van der Waals surface area contributed by atoms with E-state index in [9.17, 15) is 8.42 Å². The Bertz CT molecular complexity index is 508. The van der Waals surface area contributed by atoms with Crippen LogP contribution in [0, 0.1) is 0 Å². The molecule has 11 heteroatoms. The Morgan fingerprint density at radius 3 is 2.11 bits per heavy atom. The molecular weight excluding hydrogens is 276 g/mol. The molecule has 0 bridgehead atoms. The number of nitrogens with zero attached hydrogens (tertiary/aromatic N) is 3. The maximum Gasteiger partial charge on any atom is 0.283 e. The van der Waals surface area contributed by atoms with Gasteiger partial charge in [-0.2, -0.15) is 23.4 Å². The number of methoxy groups -OCH3 is 1. The van der Waals surface area contributed by atoms with Crippen LogP contribution in [0.25, 0.3) is 0 Å². The first-order chi connectivity index (χ1) is 8.94. The third-order valence-corrected chi connectivity index (χ3v) is 2.27. The number of aromatic nitrogens is 3. The van der Waals surface area contributed by atoms with Crippen molar-refractivity contribution in [3.63, 3.8) is 0 Å². The van der Waals surface area contributed by atoms with E-state index < -0.39 is 16.0 Å². The molecule has 0 spiro atoms. The third-order valence-electron chi connectivity index (χ3n) is 1.76. The molecule has 0 aliphatic rings. The number of rotatable bonds is 8. The molecule has 0 saturated carbocycles. The van der Waals surface area contributed by atoms with E-state index in [0.717, 1.165) is 0 Å². The summed E-state index contributed by atoms with van der Waals surface area (Å²) in [4.78, 5) is 11.9. The molecule has 0 aliphatic carbocycles. The fourth-order valence-electron chi connectivity index (χ4n) is 1.06. The maximum atomic E-state index is 10.6. The van der Waals surface area contributed by atoms with Gasteiger partial charge >= 0.3 is 0 Å². The average molecular weight is 292 g/mol. The van der Waals surface area contributed by atoms with Crippen LogP contribution in [0.15, 0.2) is 0 Å². The van der Waals surface area contributed by atoms with Gasteiger partial charge in [0.15, 0.2) is 0 Å². The van der Waals surface area contributed by atoms with Crippen LogP contribution >= 0.6 is 0 Å². The minimum atomic E-state index is -4.15. The van der Waals surface area contributed by atoms with E-state index in [1.165, 1.54) is 7.11 Å². The number of anilines is 3. The molecule has 0 amide bonds. The molecule has 108 valence electrons. The molecule has 4 N–H and O–H groups in total. The van der Waals surface area contributed by atoms with E-state index in [2.05, 4.69) is 30.9 Å². The Labute approximate surface area is 110 Å². The van der Waals surface area contributed by atoms with Crippen molar-refractivity contribution in [3.05, 3.63) is 0 Å². The van der Waals surface area contributed by atoms with Crippen molar-refractivity contribution in [1.82, 2.24) is 15.0 Å². The van der Waals surface area contributed by atoms with Crippen molar-refractivity contribution < 1.29 is 17.7 Å². The summed E-state index contributed by atoms with van der Waals surface area (Å²) in [7, 11) is -2.66. The second-order valence-electron chi connectivity index (χ2n) is 3.35. The zero-order chi connectivity index (χ0) is 14.3. The van der Waals surface area contributed by atoms with Gasteiger partial charge in [0.1, 0.15) is 12.6 Å². The molecule has 0 fully saturated rings. The highest BCUT2D eigenvalue weighted by molar-refractivity contribution is 7.85. The normalized spacial score (nSPS) is 11.1. The third kappa shape index (κ3) is 6.13. The minimum Gasteiger partial charge on any atom is -0.364 e. The standard InChI is InChI=1S/C8H16N6O4S/c1-3-9-6-12-7(10-4-18-2)14-8(13-6)11-5-19(15,16)17/h3-5H2,1-2H3,(H,15,16,17)(H3,9,10,11,12,13,14). The topological polar surface area (TPSA) is 138 Å². The van der Waals surface area contributed by atoms with Gasteiger partial charge in [0, 0.05) is 13.7 Å². The Balaban J connectivity index is 2.85. The fraction of sp³-hybridized carbons (Fsp3) is 0.625. The van der Waals surface area contributed by atoms with Gasteiger partial charge in [-0.3, -0.25) is 4.55 Å². The first-order valence-corrected chi connectivity index (χ1v) is 6.97. The Kier molecular flexibility index (Phi) is 5.66. The van der Waals surface area contributed by atoms with Gasteiger partial charge in [-0.15, -0.1) is 0 Å². The van der Waals surface area contributed by atoms with Crippen LogP contribution in [0.5, 0.6) is 0 Å². The van der Waals surface area contributed by atoms with Crippen molar-refractivity contribution in [2.45, 2.75) is 6.92 Å². The highest BCUT2D eigenvalue weighted by Gasteiger charge is 2.09. The summed E-state index contributed by atoms with van der Waals surface area (Å²) in [6.07, 6.45) is 0. The molecule has 1 rings (SSSR count). The molecule has 1 aromatic rings. The lowest BCUT2D eigenvalue weighted by Gasteiger charge is -2.09. The van der Waals surface area contributed by atoms with Gasteiger partial charge in [0.2, 0.25) is 17.8 Å². The predicted molar refractivity (Wildman–Crippen MR) is 69.5 cm³/mol. The molecule has 0 radical (unpaired) electrons. The molecule has 0 atom stereocenters. The molecular formula is C8H16N6O4S. The first-order valence-electron chi connectivity index (χ1n) is 5.36. The number of hydrogen-bond acceptors (Lipinski definition) is 9. The summed E-state index contributed by atoms with van der Waals surface area (Å²) < 4.78 is 34.7. The minimum absolute atomic E-state index is 0.0159. The van der Waals surface area contributed by atoms with Gasteiger partial charge in [0.25, 0.3) is 10.1 Å². The Morgan fingerprint density at radius 2 is 1.63 bits per heavy atom. The lowest BCUT2D eigenvalue weighted by molar-refractivity contribution is 0.220. The van der Waals surface area contributed by atoms with E-state index in [1.54, 1.807) is 0 Å². The lowest BCUT2D eigenvalue weighted by Crippen LogP contribution is -2.17. The molecule has 10 nitrogen and oxygen atoms in total. The van der Waals surface area contributed by atoms with Crippen LogP contribution < -0.4 is 16.0 Å². The van der Waals surface area contributed by atoms with Crippen molar-refractivity contribution >= 4 is 28.0 Å². The fourth-order valence-corrected chi connectivity index (χ4v) is 1.38. The Hall–Kier alpha value is -1.72. The highest BCUT2D eigenvalue weighted by atomic mass is 32.2. The monoisotopic (exact) mass is 292 g/mol. The van der Waals surface area contributed by atoms with Crippen molar-refractivity contribution in [2.24, 2.45) is 0 Å². The van der Waals surface area contributed by atoms with E-state index in [0.29, 0.717) is 6.54 Å². The zero-order valence-electron chi connectivity index (χ0n) is 10.5. The van der Waals surface area contributed by atoms with E-state index >= 15 is 0 Å². The second kappa shape index (κ2) is 7.01. The molecule has 0 aliphatic heterocycles. The van der Waals surface area contributed by atoms with Gasteiger partial charge in [0.05, 0.1) is 0 Å². The molecule has 1 aromatic heterocycles. The van der Waals surface area contributed by atoms with Crippen LogP contribution in [0.3, 0.4) is 0 Å². The SMILES string of the molecule is CCNc1nc(NCOC)nc(NCS(=O)(=O)O)n1. The van der Waals surface area contributed by atoms with E-state index in [4.69, 9.17) is 9.29 Å². The average Bonchev–Trinajstić information content (AvgIpc) is 2.33. The zero-order valence-corrected chi connectivity index (χ0v) is 11.4. The summed E-state index contributed by atoms with van der Waals surface area (Å²) in [5, 5.41) is 8.00. The predicted octanol–water partition coefficient (Wildman–Crippen LogP) is -0.424. The largest absolute Gasteiger partial charge is 0.364 e. The highest BCUT2D eigenvalue weighted by Crippen LogP contribution is 2.09. The van der Waals surface area contributed by atoms with Gasteiger partial charge < -0.3 is 20.7 Å². The van der Waals surface area contributed by atoms with Crippen LogP contribution in [-0.4, -0.2) is 54.2 Å². The summed E-state index contributed by atoms with van der Waals surface area (Å²) in [6, 6.07) is 0. The van der Waals surface area contributed by atoms with Crippen LogP contribution in [0.2, 0.25) is 0 Å². The van der Waals surface area contributed by atoms with Gasteiger partial charge in [-0.05, 0) is 6.92 Å². The van der Waals surface area contributed by atoms with Crippen molar-refractivity contribution in [1.29, 1.82) is 0 Å². The van der Waals surface area contributed by atoms with Crippen molar-refractivity contribution in [2.75, 3.05) is 42.2 Å². The second-order valence-corrected chi connectivity index (χ2v) is 4.80. The molecule has 0 saturated heterocycles. The molecule has 0 aromatic carbocycles. The molecule has 1 heterocycles. The lowest BCUT2D eigenvalue weighted by atomic mass is 10.7. The van der Waals surface area contributed by atoms with Crippen LogP contribution in [0.1, 0.15) is 6.92 Å². The summed E-state index contributed by atoms with van der Waals surface area (Å²) in [6.45, 7) is 2.64. The maximum absolute atomic E-state index is 10.6. The van der Waals surface area contributed by atoms with Crippen molar-refractivity contribution in [3.8, 4) is 0 Å². The smallest absolute Gasteiger partial charge is 0.283 e. The number of nitrogens with one attached hydrogen (secondary N) is 3. The van der Waals surface area contributed by atoms with E-state index in [-0.39, 0.29) is 24.6 Å².